The van der Waals surface area contributed by atoms with Gasteiger partial charge in [-0.15, -0.1) is 0 Å². The first-order valence-electron chi connectivity index (χ1n) is 11.7. The molecule has 9 nitrogen and oxygen atoms in total. The molecular formula is C25H29ClN4O5S. The van der Waals surface area contributed by atoms with E-state index in [2.05, 4.69) is 17.6 Å². The monoisotopic (exact) mass is 532 g/mol. The number of piperidine rings is 1. The van der Waals surface area contributed by atoms with E-state index >= 15 is 0 Å². The zero-order chi connectivity index (χ0) is 26.0. The lowest BCUT2D eigenvalue weighted by Crippen LogP contribution is -2.38. The number of halogens is 1. The van der Waals surface area contributed by atoms with Gasteiger partial charge in [-0.25, -0.2) is 12.7 Å². The third-order valence-electron chi connectivity index (χ3n) is 6.66. The van der Waals surface area contributed by atoms with Gasteiger partial charge in [-0.05, 0) is 60.9 Å². The van der Waals surface area contributed by atoms with Crippen molar-refractivity contribution in [2.24, 2.45) is 17.8 Å². The second kappa shape index (κ2) is 10.6. The SMILES string of the molecule is CC1CCN(c2ccc(NC(=O)[C@H]3CN(S(C)(=O)=O)C[C@@H]3C(=O)Nc3ccc(Cl)cc3)cc2)C(=O)C1. The highest BCUT2D eigenvalue weighted by molar-refractivity contribution is 7.88. The highest BCUT2D eigenvalue weighted by Gasteiger charge is 2.44. The molecule has 2 heterocycles. The van der Waals surface area contributed by atoms with Gasteiger partial charge in [-0.2, -0.15) is 0 Å². The summed E-state index contributed by atoms with van der Waals surface area (Å²) in [5.74, 6) is -2.20. The maximum absolute atomic E-state index is 13.2. The quantitative estimate of drug-likeness (QED) is 0.592. The highest BCUT2D eigenvalue weighted by atomic mass is 35.5. The average Bonchev–Trinajstić information content (AvgIpc) is 3.28. The summed E-state index contributed by atoms with van der Waals surface area (Å²) in [6.45, 7) is 2.52. The largest absolute Gasteiger partial charge is 0.326 e. The molecule has 0 aromatic heterocycles. The van der Waals surface area contributed by atoms with E-state index in [0.717, 1.165) is 22.7 Å². The number of nitrogens with zero attached hydrogens (tertiary/aromatic N) is 2. The van der Waals surface area contributed by atoms with E-state index in [4.69, 9.17) is 11.6 Å². The number of hydrogen-bond donors (Lipinski definition) is 2. The lowest BCUT2D eigenvalue weighted by atomic mass is 9.94. The van der Waals surface area contributed by atoms with Gasteiger partial charge in [-0.1, -0.05) is 18.5 Å². The molecule has 0 radical (unpaired) electrons. The number of benzene rings is 2. The predicted molar refractivity (Wildman–Crippen MR) is 139 cm³/mol. The van der Waals surface area contributed by atoms with Crippen molar-refractivity contribution in [1.82, 2.24) is 4.31 Å². The summed E-state index contributed by atoms with van der Waals surface area (Å²) in [4.78, 5) is 40.3. The number of rotatable bonds is 6. The van der Waals surface area contributed by atoms with Crippen LogP contribution in [0.25, 0.3) is 0 Å². The standard InChI is InChI=1S/C25H29ClN4O5S/c1-16-11-12-30(23(31)13-16)20-9-7-19(8-10-20)28-25(33)22-15-29(36(2,34)35)14-21(22)24(32)27-18-5-3-17(26)4-6-18/h3-10,16,21-22H,11-15H2,1-2H3,(H,27,32)(H,28,33)/t16?,21-,22-/m0/s1. The van der Waals surface area contributed by atoms with Gasteiger partial charge in [0, 0.05) is 48.1 Å². The zero-order valence-electron chi connectivity index (χ0n) is 20.1. The highest BCUT2D eigenvalue weighted by Crippen LogP contribution is 2.30. The minimum absolute atomic E-state index is 0.0758. The Morgan fingerprint density at radius 2 is 1.42 bits per heavy atom. The van der Waals surface area contributed by atoms with Crippen LogP contribution in [0.15, 0.2) is 48.5 Å². The Morgan fingerprint density at radius 3 is 1.89 bits per heavy atom. The minimum atomic E-state index is -3.60. The average molecular weight is 533 g/mol. The van der Waals surface area contributed by atoms with Crippen molar-refractivity contribution in [3.05, 3.63) is 53.6 Å². The molecule has 36 heavy (non-hydrogen) atoms. The molecule has 2 saturated heterocycles. The fourth-order valence-corrected chi connectivity index (χ4v) is 5.54. The van der Waals surface area contributed by atoms with Gasteiger partial charge < -0.3 is 15.5 Å². The van der Waals surface area contributed by atoms with Gasteiger partial charge in [0.05, 0.1) is 18.1 Å². The van der Waals surface area contributed by atoms with Crippen LogP contribution in [0.5, 0.6) is 0 Å². The Bertz CT molecular complexity index is 1250. The van der Waals surface area contributed by atoms with E-state index in [0.29, 0.717) is 35.3 Å². The molecule has 0 aliphatic carbocycles. The van der Waals surface area contributed by atoms with Gasteiger partial charge in [0.1, 0.15) is 0 Å². The number of carbonyl (C=O) groups excluding carboxylic acids is 3. The van der Waals surface area contributed by atoms with Crippen LogP contribution in [0.4, 0.5) is 17.1 Å². The van der Waals surface area contributed by atoms with Crippen LogP contribution < -0.4 is 15.5 Å². The summed E-state index contributed by atoms with van der Waals surface area (Å²) in [7, 11) is -3.60. The van der Waals surface area contributed by atoms with E-state index in [1.165, 1.54) is 0 Å². The van der Waals surface area contributed by atoms with Crippen molar-refractivity contribution >= 4 is 56.4 Å². The Labute approximate surface area is 215 Å². The van der Waals surface area contributed by atoms with Crippen LogP contribution >= 0.6 is 11.6 Å². The first kappa shape index (κ1) is 26.1. The second-order valence-corrected chi connectivity index (χ2v) is 11.9. The molecule has 2 aliphatic rings. The topological polar surface area (TPSA) is 116 Å². The summed E-state index contributed by atoms with van der Waals surface area (Å²) in [6, 6.07) is 13.5. The van der Waals surface area contributed by atoms with Gasteiger partial charge in [0.15, 0.2) is 0 Å². The fourth-order valence-electron chi connectivity index (χ4n) is 4.56. The third-order valence-corrected chi connectivity index (χ3v) is 8.14. The molecule has 3 amide bonds. The van der Waals surface area contributed by atoms with E-state index in [1.807, 2.05) is 0 Å². The van der Waals surface area contributed by atoms with Gasteiger partial charge in [0.2, 0.25) is 27.7 Å². The molecule has 0 saturated carbocycles. The molecule has 11 heteroatoms. The molecule has 2 aliphatic heterocycles. The van der Waals surface area contributed by atoms with Crippen LogP contribution in [-0.2, 0) is 24.4 Å². The van der Waals surface area contributed by atoms with Crippen molar-refractivity contribution < 1.29 is 22.8 Å². The maximum atomic E-state index is 13.2. The number of amides is 3. The summed E-state index contributed by atoms with van der Waals surface area (Å²) in [5.41, 5.74) is 1.75. The smallest absolute Gasteiger partial charge is 0.229 e. The maximum Gasteiger partial charge on any atom is 0.229 e. The molecule has 3 atom stereocenters. The van der Waals surface area contributed by atoms with Gasteiger partial charge in [-0.3, -0.25) is 14.4 Å². The molecule has 0 bridgehead atoms. The van der Waals surface area contributed by atoms with E-state index in [-0.39, 0.29) is 19.0 Å². The molecule has 1 unspecified atom stereocenters. The Kier molecular flexibility index (Phi) is 7.67. The molecule has 2 fully saturated rings. The normalized spacial score (nSPS) is 22.9. The van der Waals surface area contributed by atoms with Gasteiger partial charge >= 0.3 is 0 Å². The van der Waals surface area contributed by atoms with E-state index in [1.54, 1.807) is 53.4 Å². The van der Waals surface area contributed by atoms with Crippen LogP contribution in [0, 0.1) is 17.8 Å². The molecule has 2 aromatic carbocycles. The number of sulfonamides is 1. The summed E-state index contributed by atoms with van der Waals surface area (Å²) in [5, 5.41) is 6.06. The van der Waals surface area contributed by atoms with Crippen molar-refractivity contribution in [2.45, 2.75) is 19.8 Å². The predicted octanol–water partition coefficient (Wildman–Crippen LogP) is 3.19. The number of hydrogen-bond acceptors (Lipinski definition) is 5. The summed E-state index contributed by atoms with van der Waals surface area (Å²) < 4.78 is 25.5. The molecule has 4 rings (SSSR count). The van der Waals surface area contributed by atoms with Crippen molar-refractivity contribution in [3.63, 3.8) is 0 Å². The first-order valence-corrected chi connectivity index (χ1v) is 14.0. The van der Waals surface area contributed by atoms with Crippen LogP contribution in [0.2, 0.25) is 5.02 Å². The molecule has 0 spiro atoms. The molecular weight excluding hydrogens is 504 g/mol. The number of nitrogens with one attached hydrogen (secondary N) is 2. The van der Waals surface area contributed by atoms with Crippen LogP contribution in [-0.4, -0.2) is 56.3 Å². The molecule has 192 valence electrons. The van der Waals surface area contributed by atoms with Crippen molar-refractivity contribution in [2.75, 3.05) is 41.4 Å². The Balaban J connectivity index is 1.46. The van der Waals surface area contributed by atoms with Crippen LogP contribution in [0.3, 0.4) is 0 Å². The molecule has 2 aromatic rings. The fraction of sp³-hybridized carbons (Fsp3) is 0.400. The summed E-state index contributed by atoms with van der Waals surface area (Å²) >= 11 is 5.89. The third kappa shape index (κ3) is 6.05. The number of carbonyl (C=O) groups is 3. The molecule has 2 N–H and O–H groups in total. The second-order valence-electron chi connectivity index (χ2n) is 9.47. The lowest BCUT2D eigenvalue weighted by Gasteiger charge is -2.30. The Morgan fingerprint density at radius 1 is 0.917 bits per heavy atom. The zero-order valence-corrected chi connectivity index (χ0v) is 21.7. The van der Waals surface area contributed by atoms with Gasteiger partial charge in [0.25, 0.3) is 0 Å². The van der Waals surface area contributed by atoms with Crippen molar-refractivity contribution in [1.29, 1.82) is 0 Å². The van der Waals surface area contributed by atoms with E-state index < -0.39 is 33.7 Å². The van der Waals surface area contributed by atoms with Crippen LogP contribution in [0.1, 0.15) is 19.8 Å². The summed E-state index contributed by atoms with van der Waals surface area (Å²) in [6.07, 6.45) is 2.50. The Hall–Kier alpha value is -2.95. The van der Waals surface area contributed by atoms with Crippen molar-refractivity contribution in [3.8, 4) is 0 Å². The van der Waals surface area contributed by atoms with E-state index in [9.17, 15) is 22.8 Å². The lowest BCUT2D eigenvalue weighted by molar-refractivity contribution is -0.127. The first-order chi connectivity index (χ1) is 17.0. The minimum Gasteiger partial charge on any atom is -0.326 e. The number of anilines is 3.